The maximum atomic E-state index is 12.4. The average Bonchev–Trinajstić information content (AvgIpc) is 2.84. The third-order valence-electron chi connectivity index (χ3n) is 5.49. The predicted octanol–water partition coefficient (Wildman–Crippen LogP) is 7.69. The molecule has 0 atom stereocenters. The number of aryl methyl sites for hydroxylation is 1. The molecule has 0 unspecified atom stereocenters. The van der Waals surface area contributed by atoms with Crippen molar-refractivity contribution < 1.29 is 14.3 Å². The Morgan fingerprint density at radius 3 is 2.35 bits per heavy atom. The number of ether oxygens (including phenoxy) is 2. The molecule has 2 rings (SSSR count). The van der Waals surface area contributed by atoms with E-state index in [1.807, 2.05) is 43.3 Å². The van der Waals surface area contributed by atoms with Gasteiger partial charge in [0.25, 0.3) is 5.91 Å². The number of carbonyl (C=O) groups is 1. The summed E-state index contributed by atoms with van der Waals surface area (Å²) in [5, 5.41) is 4.13. The Balaban J connectivity index is 1.93. The van der Waals surface area contributed by atoms with Gasteiger partial charge in [0.15, 0.2) is 11.5 Å². The lowest BCUT2D eigenvalue weighted by Gasteiger charge is -2.14. The molecule has 0 saturated carbocycles. The zero-order valence-corrected chi connectivity index (χ0v) is 22.5. The minimum Gasteiger partial charge on any atom is -0.490 e. The molecule has 1 amide bonds. The van der Waals surface area contributed by atoms with Gasteiger partial charge in [-0.05, 0) is 77.5 Å². The van der Waals surface area contributed by atoms with Crippen LogP contribution in [0.15, 0.2) is 46.0 Å². The monoisotopic (exact) mass is 530 g/mol. The molecule has 34 heavy (non-hydrogen) atoms. The molecule has 2 aromatic carbocycles. The molecule has 0 fully saturated rings. The first-order chi connectivity index (χ1) is 16.6. The number of nitrogens with zero attached hydrogens (tertiary/aromatic N) is 1. The van der Waals surface area contributed by atoms with Crippen molar-refractivity contribution in [3.8, 4) is 11.5 Å². The van der Waals surface area contributed by atoms with Crippen molar-refractivity contribution in [2.24, 2.45) is 5.10 Å². The predicted molar refractivity (Wildman–Crippen MR) is 144 cm³/mol. The number of amides is 1. The summed E-state index contributed by atoms with van der Waals surface area (Å²) in [5.41, 5.74) is 5.24. The van der Waals surface area contributed by atoms with E-state index >= 15 is 0 Å². The van der Waals surface area contributed by atoms with Crippen LogP contribution in [0.25, 0.3) is 0 Å². The van der Waals surface area contributed by atoms with Crippen LogP contribution in [0.5, 0.6) is 11.5 Å². The van der Waals surface area contributed by atoms with Gasteiger partial charge >= 0.3 is 0 Å². The van der Waals surface area contributed by atoms with E-state index in [1.54, 1.807) is 6.21 Å². The smallest absolute Gasteiger partial charge is 0.271 e. The Kier molecular flexibility index (Phi) is 13.4. The normalized spacial score (nSPS) is 11.1. The zero-order valence-electron chi connectivity index (χ0n) is 20.9. The Labute approximate surface area is 213 Å². The number of nitrogens with one attached hydrogen (secondary N) is 1. The molecule has 186 valence electrons. The Bertz CT molecular complexity index is 897. The van der Waals surface area contributed by atoms with Gasteiger partial charge in [-0.15, -0.1) is 0 Å². The molecule has 0 aliphatic heterocycles. The molecule has 0 aliphatic rings. The Morgan fingerprint density at radius 1 is 0.941 bits per heavy atom. The van der Waals surface area contributed by atoms with E-state index in [1.165, 1.54) is 37.7 Å². The minimum absolute atomic E-state index is 0.235. The maximum absolute atomic E-state index is 12.4. The Morgan fingerprint density at radius 2 is 1.65 bits per heavy atom. The van der Waals surface area contributed by atoms with Crippen LogP contribution in [-0.4, -0.2) is 25.3 Å². The topological polar surface area (TPSA) is 59.9 Å². The number of unbranched alkanes of at least 4 members (excludes halogenated alkanes) is 6. The van der Waals surface area contributed by atoms with Gasteiger partial charge < -0.3 is 9.47 Å². The lowest BCUT2D eigenvalue weighted by atomic mass is 10.1. The summed E-state index contributed by atoms with van der Waals surface area (Å²) < 4.78 is 12.6. The number of rotatable bonds is 16. The molecule has 1 N–H and O–H groups in total. The SMILES string of the molecule is CCCCCCCCOc1c(Br)cc(/C=N/NC(=O)c2ccc(CCCC)cc2)cc1OCC. The summed E-state index contributed by atoms with van der Waals surface area (Å²) in [7, 11) is 0. The summed E-state index contributed by atoms with van der Waals surface area (Å²) in [4.78, 5) is 12.4. The van der Waals surface area contributed by atoms with E-state index in [-0.39, 0.29) is 5.91 Å². The lowest BCUT2D eigenvalue weighted by Crippen LogP contribution is -2.17. The standard InChI is InChI=1S/C28H39BrN2O3/c1-4-7-9-10-11-12-18-34-27-25(29)19-23(20-26(27)33-6-3)21-30-31-28(32)24-16-14-22(15-17-24)13-8-5-2/h14-17,19-21H,4-13,18H2,1-3H3,(H,31,32)/b30-21+. The molecule has 5 nitrogen and oxygen atoms in total. The number of hydrogen-bond donors (Lipinski definition) is 1. The summed E-state index contributed by atoms with van der Waals surface area (Å²) >= 11 is 3.60. The van der Waals surface area contributed by atoms with E-state index in [0.29, 0.717) is 30.3 Å². The molecule has 0 saturated heterocycles. The van der Waals surface area contributed by atoms with Crippen molar-refractivity contribution in [1.82, 2.24) is 5.43 Å². The lowest BCUT2D eigenvalue weighted by molar-refractivity contribution is 0.0955. The molecular formula is C28H39BrN2O3. The van der Waals surface area contributed by atoms with Gasteiger partial charge in [0.2, 0.25) is 0 Å². The van der Waals surface area contributed by atoms with Crippen LogP contribution in [0, 0.1) is 0 Å². The molecular weight excluding hydrogens is 492 g/mol. The van der Waals surface area contributed by atoms with Crippen molar-refractivity contribution in [1.29, 1.82) is 0 Å². The second-order valence-electron chi connectivity index (χ2n) is 8.38. The van der Waals surface area contributed by atoms with Gasteiger partial charge in [0.1, 0.15) is 0 Å². The second-order valence-corrected chi connectivity index (χ2v) is 9.23. The quantitative estimate of drug-likeness (QED) is 0.137. The summed E-state index contributed by atoms with van der Waals surface area (Å²) in [6, 6.07) is 11.5. The van der Waals surface area contributed by atoms with Crippen LogP contribution in [0.3, 0.4) is 0 Å². The first-order valence-electron chi connectivity index (χ1n) is 12.6. The first-order valence-corrected chi connectivity index (χ1v) is 13.4. The van der Waals surface area contributed by atoms with Crippen LogP contribution >= 0.6 is 15.9 Å². The average molecular weight is 532 g/mol. The van der Waals surface area contributed by atoms with Gasteiger partial charge in [-0.3, -0.25) is 4.79 Å². The summed E-state index contributed by atoms with van der Waals surface area (Å²) in [6.45, 7) is 7.54. The fraction of sp³-hybridized carbons (Fsp3) is 0.500. The van der Waals surface area contributed by atoms with Crippen LogP contribution in [0.2, 0.25) is 0 Å². The number of halogens is 1. The van der Waals surface area contributed by atoms with E-state index < -0.39 is 0 Å². The van der Waals surface area contributed by atoms with Crippen molar-refractivity contribution in [3.63, 3.8) is 0 Å². The van der Waals surface area contributed by atoms with Crippen LogP contribution < -0.4 is 14.9 Å². The zero-order chi connectivity index (χ0) is 24.6. The number of benzene rings is 2. The fourth-order valence-electron chi connectivity index (χ4n) is 3.56. The van der Waals surface area contributed by atoms with Crippen LogP contribution in [0.1, 0.15) is 93.6 Å². The van der Waals surface area contributed by atoms with E-state index in [4.69, 9.17) is 9.47 Å². The molecule has 0 radical (unpaired) electrons. The highest BCUT2D eigenvalue weighted by atomic mass is 79.9. The van der Waals surface area contributed by atoms with Gasteiger partial charge in [-0.25, -0.2) is 5.43 Å². The number of hydrogen-bond acceptors (Lipinski definition) is 4. The molecule has 0 aromatic heterocycles. The highest BCUT2D eigenvalue weighted by Crippen LogP contribution is 2.36. The van der Waals surface area contributed by atoms with Crippen molar-refractivity contribution >= 4 is 28.1 Å². The van der Waals surface area contributed by atoms with Gasteiger partial charge in [-0.1, -0.05) is 64.5 Å². The van der Waals surface area contributed by atoms with Crippen LogP contribution in [0.4, 0.5) is 0 Å². The maximum Gasteiger partial charge on any atom is 0.271 e. The highest BCUT2D eigenvalue weighted by molar-refractivity contribution is 9.10. The number of hydrazone groups is 1. The molecule has 0 bridgehead atoms. The van der Waals surface area contributed by atoms with Gasteiger partial charge in [0.05, 0.1) is 23.9 Å². The summed E-state index contributed by atoms with van der Waals surface area (Å²) in [6.07, 6.45) is 12.2. The van der Waals surface area contributed by atoms with Crippen molar-refractivity contribution in [3.05, 3.63) is 57.6 Å². The Hall–Kier alpha value is -2.34. The molecule has 0 heterocycles. The largest absolute Gasteiger partial charge is 0.490 e. The number of carbonyl (C=O) groups excluding carboxylic acids is 1. The van der Waals surface area contributed by atoms with Gasteiger partial charge in [0, 0.05) is 5.56 Å². The molecule has 0 spiro atoms. The highest BCUT2D eigenvalue weighted by Gasteiger charge is 2.12. The fourth-order valence-corrected chi connectivity index (χ4v) is 4.13. The van der Waals surface area contributed by atoms with E-state index in [2.05, 4.69) is 40.3 Å². The third-order valence-corrected chi connectivity index (χ3v) is 6.08. The van der Waals surface area contributed by atoms with Crippen molar-refractivity contribution in [2.75, 3.05) is 13.2 Å². The third kappa shape index (κ3) is 9.88. The van der Waals surface area contributed by atoms with E-state index in [9.17, 15) is 4.79 Å². The second kappa shape index (κ2) is 16.3. The van der Waals surface area contributed by atoms with E-state index in [0.717, 1.165) is 35.7 Å². The molecule has 0 aliphatic carbocycles. The molecule has 6 heteroatoms. The van der Waals surface area contributed by atoms with Crippen LogP contribution in [-0.2, 0) is 6.42 Å². The van der Waals surface area contributed by atoms with Gasteiger partial charge in [-0.2, -0.15) is 5.10 Å². The molecule has 2 aromatic rings. The minimum atomic E-state index is -0.235. The summed E-state index contributed by atoms with van der Waals surface area (Å²) in [5.74, 6) is 1.14. The first kappa shape index (κ1) is 27.9. The van der Waals surface area contributed by atoms with Crippen molar-refractivity contribution in [2.45, 2.75) is 78.6 Å².